The summed E-state index contributed by atoms with van der Waals surface area (Å²) in [6.45, 7) is 3.65. The monoisotopic (exact) mass is 337 g/mol. The lowest BCUT2D eigenvalue weighted by Gasteiger charge is -2.18. The van der Waals surface area contributed by atoms with Gasteiger partial charge in [-0.15, -0.1) is 0 Å². The Hall–Kier alpha value is -2.70. The van der Waals surface area contributed by atoms with Gasteiger partial charge in [-0.3, -0.25) is 0 Å². The Labute approximate surface area is 141 Å². The van der Waals surface area contributed by atoms with E-state index in [0.717, 1.165) is 0 Å². The van der Waals surface area contributed by atoms with Crippen molar-refractivity contribution in [2.75, 3.05) is 39.4 Å². The summed E-state index contributed by atoms with van der Waals surface area (Å²) >= 11 is 0. The number of ether oxygens (including phenoxy) is 4. The number of nitrogens with zero attached hydrogens (tertiary/aromatic N) is 1. The number of rotatable bonds is 8. The van der Waals surface area contributed by atoms with Gasteiger partial charge in [0.25, 0.3) is 0 Å². The number of carbonyl (C=O) groups is 2. The third-order valence-corrected chi connectivity index (χ3v) is 3.06. The van der Waals surface area contributed by atoms with Gasteiger partial charge in [0.15, 0.2) is 5.57 Å². The number of anilines is 1. The second-order valence-corrected chi connectivity index (χ2v) is 4.67. The Morgan fingerprint density at radius 1 is 0.958 bits per heavy atom. The maximum atomic E-state index is 12.0. The van der Waals surface area contributed by atoms with Gasteiger partial charge < -0.3 is 23.8 Å². The minimum absolute atomic E-state index is 0.159. The highest BCUT2D eigenvalue weighted by Gasteiger charge is 2.22. The molecule has 0 aromatic heterocycles. The van der Waals surface area contributed by atoms with E-state index in [1.807, 2.05) is 0 Å². The molecule has 0 N–H and O–H groups in total. The van der Waals surface area contributed by atoms with Crippen molar-refractivity contribution in [1.82, 2.24) is 0 Å². The molecule has 1 aromatic carbocycles. The Morgan fingerprint density at radius 2 is 1.42 bits per heavy atom. The topological polar surface area (TPSA) is 74.3 Å². The van der Waals surface area contributed by atoms with Crippen LogP contribution in [0.3, 0.4) is 0 Å². The molecule has 0 radical (unpaired) electrons. The van der Waals surface area contributed by atoms with Gasteiger partial charge in [0, 0.05) is 37.1 Å². The van der Waals surface area contributed by atoms with E-state index in [4.69, 9.17) is 18.9 Å². The summed E-state index contributed by atoms with van der Waals surface area (Å²) in [6, 6.07) is 5.21. The van der Waals surface area contributed by atoms with E-state index < -0.39 is 11.9 Å². The minimum atomic E-state index is -0.738. The lowest BCUT2D eigenvalue weighted by Crippen LogP contribution is -2.22. The fourth-order valence-electron chi connectivity index (χ4n) is 1.87. The molecule has 7 heteroatoms. The van der Waals surface area contributed by atoms with Gasteiger partial charge in [0.1, 0.15) is 11.5 Å². The summed E-state index contributed by atoms with van der Waals surface area (Å²) in [6.07, 6.45) is 1.37. The van der Waals surface area contributed by atoms with Crippen molar-refractivity contribution in [3.8, 4) is 11.5 Å². The molecule has 0 saturated carbocycles. The van der Waals surface area contributed by atoms with E-state index >= 15 is 0 Å². The van der Waals surface area contributed by atoms with Gasteiger partial charge in [0.05, 0.1) is 27.4 Å². The van der Waals surface area contributed by atoms with Crippen LogP contribution in [0.4, 0.5) is 5.69 Å². The molecule has 132 valence electrons. The lowest BCUT2D eigenvalue weighted by atomic mass is 10.2. The van der Waals surface area contributed by atoms with Crippen LogP contribution in [0.2, 0.25) is 0 Å². The fraction of sp³-hybridized carbons (Fsp3) is 0.412. The third kappa shape index (κ3) is 5.19. The summed E-state index contributed by atoms with van der Waals surface area (Å²) in [5.41, 5.74) is 0.472. The molecule has 0 spiro atoms. The second kappa shape index (κ2) is 9.44. The normalized spacial score (nSPS) is 9.71. The molecule has 0 aliphatic heterocycles. The largest absolute Gasteiger partial charge is 0.497 e. The number of methoxy groups -OCH3 is 2. The molecule has 0 atom stereocenters. The molecule has 0 aliphatic carbocycles. The first kappa shape index (κ1) is 19.3. The summed E-state index contributed by atoms with van der Waals surface area (Å²) < 4.78 is 20.3. The van der Waals surface area contributed by atoms with Gasteiger partial charge in [-0.2, -0.15) is 0 Å². The Balaban J connectivity index is 3.20. The highest BCUT2D eigenvalue weighted by molar-refractivity contribution is 6.14. The third-order valence-electron chi connectivity index (χ3n) is 3.06. The molecule has 1 aromatic rings. The van der Waals surface area contributed by atoms with Gasteiger partial charge in [-0.05, 0) is 13.8 Å². The average molecular weight is 337 g/mol. The Kier molecular flexibility index (Phi) is 7.61. The molecule has 0 fully saturated rings. The zero-order chi connectivity index (χ0) is 18.1. The maximum absolute atomic E-state index is 12.0. The Bertz CT molecular complexity index is 569. The zero-order valence-electron chi connectivity index (χ0n) is 14.6. The summed E-state index contributed by atoms with van der Waals surface area (Å²) in [7, 11) is 4.76. The first-order valence-electron chi connectivity index (χ1n) is 7.48. The van der Waals surface area contributed by atoms with Crippen molar-refractivity contribution in [2.24, 2.45) is 0 Å². The molecule has 0 bridgehead atoms. The number of hydrogen-bond donors (Lipinski definition) is 0. The first-order chi connectivity index (χ1) is 11.5. The number of hydrogen-bond acceptors (Lipinski definition) is 7. The van der Waals surface area contributed by atoms with Crippen LogP contribution in [0.15, 0.2) is 30.0 Å². The fourth-order valence-corrected chi connectivity index (χ4v) is 1.87. The number of carbonyl (C=O) groups excluding carboxylic acids is 2. The smallest absolute Gasteiger partial charge is 0.347 e. The molecule has 0 aliphatic rings. The van der Waals surface area contributed by atoms with Crippen molar-refractivity contribution in [1.29, 1.82) is 0 Å². The van der Waals surface area contributed by atoms with E-state index in [-0.39, 0.29) is 18.8 Å². The first-order valence-corrected chi connectivity index (χ1v) is 7.48. The molecule has 24 heavy (non-hydrogen) atoms. The van der Waals surface area contributed by atoms with Crippen LogP contribution in [-0.4, -0.2) is 46.4 Å². The van der Waals surface area contributed by atoms with E-state index in [2.05, 4.69) is 0 Å². The van der Waals surface area contributed by atoms with Crippen molar-refractivity contribution in [3.63, 3.8) is 0 Å². The van der Waals surface area contributed by atoms with E-state index in [9.17, 15) is 9.59 Å². The van der Waals surface area contributed by atoms with E-state index in [1.165, 1.54) is 20.4 Å². The molecule has 0 saturated heterocycles. The quantitative estimate of drug-likeness (QED) is 0.311. The minimum Gasteiger partial charge on any atom is -0.497 e. The van der Waals surface area contributed by atoms with Crippen LogP contribution < -0.4 is 14.4 Å². The summed E-state index contributed by atoms with van der Waals surface area (Å²) in [5.74, 6) is -0.313. The molecule has 1 rings (SSSR count). The number of esters is 2. The Morgan fingerprint density at radius 3 is 1.79 bits per heavy atom. The highest BCUT2D eigenvalue weighted by atomic mass is 16.6. The van der Waals surface area contributed by atoms with Crippen LogP contribution in [0, 0.1) is 0 Å². The molecule has 0 amide bonds. The highest BCUT2D eigenvalue weighted by Crippen LogP contribution is 2.28. The SMILES string of the molecule is CCOC(=O)C(=CN(C)c1cc(OC)cc(OC)c1)C(=O)OCC. The standard InChI is InChI=1S/C17H23NO6/c1-6-23-16(19)15(17(20)24-7-2)11-18(3)12-8-13(21-4)10-14(9-12)22-5/h8-11H,6-7H2,1-5H3. The average Bonchev–Trinajstić information content (AvgIpc) is 2.59. The molecule has 7 nitrogen and oxygen atoms in total. The van der Waals surface area contributed by atoms with Crippen LogP contribution >= 0.6 is 0 Å². The predicted octanol–water partition coefficient (Wildman–Crippen LogP) is 2.15. The van der Waals surface area contributed by atoms with Crippen molar-refractivity contribution < 1.29 is 28.5 Å². The molecule has 0 heterocycles. The van der Waals surface area contributed by atoms with Crippen molar-refractivity contribution in [2.45, 2.75) is 13.8 Å². The van der Waals surface area contributed by atoms with Gasteiger partial charge in [-0.25, -0.2) is 9.59 Å². The lowest BCUT2D eigenvalue weighted by molar-refractivity contribution is -0.146. The molecular formula is C17H23NO6. The maximum Gasteiger partial charge on any atom is 0.347 e. The van der Waals surface area contributed by atoms with Crippen LogP contribution in [0.5, 0.6) is 11.5 Å². The van der Waals surface area contributed by atoms with Gasteiger partial charge >= 0.3 is 11.9 Å². The zero-order valence-corrected chi connectivity index (χ0v) is 14.6. The van der Waals surface area contributed by atoms with Crippen molar-refractivity contribution in [3.05, 3.63) is 30.0 Å². The predicted molar refractivity (Wildman–Crippen MR) is 89.3 cm³/mol. The second-order valence-electron chi connectivity index (χ2n) is 4.67. The molecule has 0 unspecified atom stereocenters. The van der Waals surface area contributed by atoms with Gasteiger partial charge in [-0.1, -0.05) is 0 Å². The van der Waals surface area contributed by atoms with Crippen LogP contribution in [0.1, 0.15) is 13.8 Å². The summed E-state index contributed by atoms with van der Waals surface area (Å²) in [5, 5.41) is 0. The van der Waals surface area contributed by atoms with Crippen LogP contribution in [-0.2, 0) is 19.1 Å². The number of benzene rings is 1. The van der Waals surface area contributed by atoms with E-state index in [0.29, 0.717) is 17.2 Å². The molecular weight excluding hydrogens is 314 g/mol. The van der Waals surface area contributed by atoms with Gasteiger partial charge in [0.2, 0.25) is 0 Å². The summed E-state index contributed by atoms with van der Waals surface area (Å²) in [4.78, 5) is 25.6. The van der Waals surface area contributed by atoms with Crippen LogP contribution in [0.25, 0.3) is 0 Å². The van der Waals surface area contributed by atoms with E-state index in [1.54, 1.807) is 44.0 Å². The van der Waals surface area contributed by atoms with Crippen molar-refractivity contribution >= 4 is 17.6 Å².